The number of carbonyl (C=O) groups is 1. The average molecular weight is 407 g/mol. The van der Waals surface area contributed by atoms with Crippen LogP contribution in [0.4, 0.5) is 10.1 Å². The zero-order valence-corrected chi connectivity index (χ0v) is 16.7. The van der Waals surface area contributed by atoms with Crippen LogP contribution in [0.5, 0.6) is 0 Å². The number of likely N-dealkylation sites (tertiary alicyclic amines) is 1. The number of rotatable bonds is 3. The summed E-state index contributed by atoms with van der Waals surface area (Å²) in [5.41, 5.74) is 3.49. The summed E-state index contributed by atoms with van der Waals surface area (Å²) < 4.78 is 14.1. The third-order valence-electron chi connectivity index (χ3n) is 5.52. The molecule has 0 aliphatic carbocycles. The van der Waals surface area contributed by atoms with Gasteiger partial charge in [-0.1, -0.05) is 35.3 Å². The zero-order valence-electron chi connectivity index (χ0n) is 15.1. The minimum Gasteiger partial charge on any atom is -0.309 e. The maximum Gasteiger partial charge on any atom is 0.231 e. The lowest BCUT2D eigenvalue weighted by Crippen LogP contribution is -2.46. The molecule has 2 aliphatic heterocycles. The molecule has 3 nitrogen and oxygen atoms in total. The van der Waals surface area contributed by atoms with E-state index in [-0.39, 0.29) is 17.8 Å². The SMILES string of the molecule is Cc1ccc(CN2CCC(N3C(=O)Cc4cc(Cl)c(Cl)cc43)CC2)c(F)c1. The van der Waals surface area contributed by atoms with E-state index in [9.17, 15) is 9.18 Å². The van der Waals surface area contributed by atoms with E-state index in [1.54, 1.807) is 18.2 Å². The Labute approximate surface area is 168 Å². The van der Waals surface area contributed by atoms with E-state index < -0.39 is 0 Å². The van der Waals surface area contributed by atoms with Crippen molar-refractivity contribution in [3.63, 3.8) is 0 Å². The van der Waals surface area contributed by atoms with Crippen LogP contribution in [0.25, 0.3) is 0 Å². The molecule has 1 fully saturated rings. The van der Waals surface area contributed by atoms with Crippen LogP contribution in [0, 0.1) is 12.7 Å². The number of halogens is 3. The highest BCUT2D eigenvalue weighted by atomic mass is 35.5. The second kappa shape index (κ2) is 7.42. The van der Waals surface area contributed by atoms with Gasteiger partial charge in [-0.05, 0) is 49.1 Å². The summed E-state index contributed by atoms with van der Waals surface area (Å²) in [4.78, 5) is 16.7. The molecule has 2 aliphatic rings. The first-order chi connectivity index (χ1) is 12.9. The molecule has 0 saturated carbocycles. The number of fused-ring (bicyclic) bond motifs is 1. The van der Waals surface area contributed by atoms with Crippen molar-refractivity contribution in [3.8, 4) is 0 Å². The van der Waals surface area contributed by atoms with Gasteiger partial charge in [0.2, 0.25) is 5.91 Å². The number of aryl methyl sites for hydroxylation is 1. The highest BCUT2D eigenvalue weighted by Crippen LogP contribution is 2.38. The molecule has 0 spiro atoms. The number of hydrogen-bond acceptors (Lipinski definition) is 2. The summed E-state index contributed by atoms with van der Waals surface area (Å²) in [7, 11) is 0. The first-order valence-electron chi connectivity index (χ1n) is 9.20. The Morgan fingerprint density at radius 1 is 1.11 bits per heavy atom. The maximum atomic E-state index is 14.1. The molecule has 0 N–H and O–H groups in total. The van der Waals surface area contributed by atoms with Gasteiger partial charge in [-0.3, -0.25) is 9.69 Å². The van der Waals surface area contributed by atoms with Crippen molar-refractivity contribution in [2.24, 2.45) is 0 Å². The van der Waals surface area contributed by atoms with Gasteiger partial charge in [0.1, 0.15) is 5.82 Å². The second-order valence-electron chi connectivity index (χ2n) is 7.44. The van der Waals surface area contributed by atoms with E-state index in [4.69, 9.17) is 23.2 Å². The molecule has 2 aromatic carbocycles. The summed E-state index contributed by atoms with van der Waals surface area (Å²) in [6.45, 7) is 4.16. The number of benzene rings is 2. The molecular formula is C21H21Cl2FN2O. The van der Waals surface area contributed by atoms with Gasteiger partial charge in [-0.2, -0.15) is 0 Å². The van der Waals surface area contributed by atoms with Crippen molar-refractivity contribution in [2.75, 3.05) is 18.0 Å². The Morgan fingerprint density at radius 2 is 1.81 bits per heavy atom. The summed E-state index contributed by atoms with van der Waals surface area (Å²) in [6.07, 6.45) is 2.10. The molecule has 0 aromatic heterocycles. The normalized spacial score (nSPS) is 18.2. The van der Waals surface area contributed by atoms with Crippen LogP contribution in [0.15, 0.2) is 30.3 Å². The minimum atomic E-state index is -0.146. The number of amides is 1. The van der Waals surface area contributed by atoms with Crippen molar-refractivity contribution >= 4 is 34.8 Å². The first kappa shape index (κ1) is 18.7. The number of anilines is 1. The third kappa shape index (κ3) is 3.71. The molecule has 2 heterocycles. The third-order valence-corrected chi connectivity index (χ3v) is 6.24. The van der Waals surface area contributed by atoms with Gasteiger partial charge in [0.25, 0.3) is 0 Å². The van der Waals surface area contributed by atoms with Crippen molar-refractivity contribution in [2.45, 2.75) is 38.8 Å². The second-order valence-corrected chi connectivity index (χ2v) is 8.25. The van der Waals surface area contributed by atoms with Crippen LogP contribution in [0.1, 0.15) is 29.5 Å². The summed E-state index contributed by atoms with van der Waals surface area (Å²) in [5, 5.41) is 0.961. The number of carbonyl (C=O) groups excluding carboxylic acids is 1. The molecule has 27 heavy (non-hydrogen) atoms. The number of hydrogen-bond donors (Lipinski definition) is 0. The van der Waals surface area contributed by atoms with E-state index in [1.165, 1.54) is 0 Å². The summed E-state index contributed by atoms with van der Waals surface area (Å²) in [5.74, 6) is -0.0429. The lowest BCUT2D eigenvalue weighted by molar-refractivity contribution is -0.118. The van der Waals surface area contributed by atoms with E-state index >= 15 is 0 Å². The Kier molecular flexibility index (Phi) is 5.15. The quantitative estimate of drug-likeness (QED) is 0.716. The molecule has 1 amide bonds. The van der Waals surface area contributed by atoms with Crippen molar-refractivity contribution < 1.29 is 9.18 Å². The average Bonchev–Trinajstić information content (AvgIpc) is 2.93. The van der Waals surface area contributed by atoms with Crippen molar-refractivity contribution in [1.29, 1.82) is 0 Å². The molecule has 1 saturated heterocycles. The van der Waals surface area contributed by atoms with Crippen molar-refractivity contribution in [3.05, 3.63) is 62.9 Å². The van der Waals surface area contributed by atoms with Gasteiger partial charge in [-0.15, -0.1) is 0 Å². The Hall–Kier alpha value is -1.62. The minimum absolute atomic E-state index is 0.103. The monoisotopic (exact) mass is 406 g/mol. The predicted molar refractivity (Wildman–Crippen MR) is 107 cm³/mol. The molecule has 0 bridgehead atoms. The first-order valence-corrected chi connectivity index (χ1v) is 9.95. The summed E-state index contributed by atoms with van der Waals surface area (Å²) in [6, 6.07) is 9.14. The largest absolute Gasteiger partial charge is 0.309 e. The van der Waals surface area contributed by atoms with E-state index in [1.807, 2.05) is 24.0 Å². The van der Waals surface area contributed by atoms with Gasteiger partial charge in [0, 0.05) is 36.9 Å². The van der Waals surface area contributed by atoms with Crippen LogP contribution in [0.2, 0.25) is 10.0 Å². The van der Waals surface area contributed by atoms with Crippen LogP contribution in [-0.2, 0) is 17.8 Å². The molecular weight excluding hydrogens is 386 g/mol. The van der Waals surface area contributed by atoms with Gasteiger partial charge in [-0.25, -0.2) is 4.39 Å². The van der Waals surface area contributed by atoms with Gasteiger partial charge < -0.3 is 4.90 Å². The molecule has 2 aromatic rings. The molecule has 0 radical (unpaired) electrons. The summed E-state index contributed by atoms with van der Waals surface area (Å²) >= 11 is 12.3. The molecule has 6 heteroatoms. The van der Waals surface area contributed by atoms with E-state index in [2.05, 4.69) is 4.90 Å². The molecule has 0 unspecified atom stereocenters. The zero-order chi connectivity index (χ0) is 19.1. The highest BCUT2D eigenvalue weighted by molar-refractivity contribution is 6.42. The maximum absolute atomic E-state index is 14.1. The van der Waals surface area contributed by atoms with Crippen LogP contribution in [-0.4, -0.2) is 29.9 Å². The highest BCUT2D eigenvalue weighted by Gasteiger charge is 2.35. The smallest absolute Gasteiger partial charge is 0.231 e. The van der Waals surface area contributed by atoms with Gasteiger partial charge in [0.15, 0.2) is 0 Å². The Balaban J connectivity index is 1.44. The number of piperidine rings is 1. The Bertz CT molecular complexity index is 894. The lowest BCUT2D eigenvalue weighted by atomic mass is 10.0. The van der Waals surface area contributed by atoms with E-state index in [0.29, 0.717) is 23.0 Å². The van der Waals surface area contributed by atoms with Crippen LogP contribution < -0.4 is 4.90 Å². The topological polar surface area (TPSA) is 23.6 Å². The van der Waals surface area contributed by atoms with Crippen LogP contribution >= 0.6 is 23.2 Å². The number of nitrogens with zero attached hydrogens (tertiary/aromatic N) is 2. The molecule has 4 rings (SSSR count). The molecule has 142 valence electrons. The van der Waals surface area contributed by atoms with Crippen molar-refractivity contribution in [1.82, 2.24) is 4.90 Å². The fourth-order valence-corrected chi connectivity index (χ4v) is 4.43. The van der Waals surface area contributed by atoms with Gasteiger partial charge >= 0.3 is 0 Å². The fourth-order valence-electron chi connectivity index (χ4n) is 4.08. The van der Waals surface area contributed by atoms with E-state index in [0.717, 1.165) is 48.3 Å². The fraction of sp³-hybridized carbons (Fsp3) is 0.381. The standard InChI is InChI=1S/C21H21Cl2FN2O/c1-13-2-3-14(19(24)8-13)12-25-6-4-16(5-7-25)26-20-11-18(23)17(22)9-15(20)10-21(26)27/h2-3,8-9,11,16H,4-7,10,12H2,1H3. The Morgan fingerprint density at radius 3 is 2.52 bits per heavy atom. The van der Waals surface area contributed by atoms with Gasteiger partial charge in [0.05, 0.1) is 16.5 Å². The predicted octanol–water partition coefficient (Wildman–Crippen LogP) is 4.99. The van der Waals surface area contributed by atoms with Crippen LogP contribution in [0.3, 0.4) is 0 Å². The lowest BCUT2D eigenvalue weighted by Gasteiger charge is -2.37. The molecule has 0 atom stereocenters.